The van der Waals surface area contributed by atoms with Gasteiger partial charge in [-0.3, -0.25) is 24.6 Å². The maximum Gasteiger partial charge on any atom is 0.246 e. The molecule has 0 saturated carbocycles. The second kappa shape index (κ2) is 6.29. The molecule has 1 unspecified atom stereocenters. The first-order chi connectivity index (χ1) is 9.61. The third-order valence-electron chi connectivity index (χ3n) is 3.13. The van der Waals surface area contributed by atoms with Crippen molar-refractivity contribution < 1.29 is 14.4 Å². The molecule has 0 bridgehead atoms. The molecule has 0 spiro atoms. The lowest BCUT2D eigenvalue weighted by Gasteiger charge is -2.30. The molecule has 3 amide bonds. The van der Waals surface area contributed by atoms with E-state index < -0.39 is 6.04 Å². The molecule has 1 atom stereocenters. The molecule has 1 heterocycles. The van der Waals surface area contributed by atoms with Crippen molar-refractivity contribution in [2.45, 2.75) is 19.4 Å². The number of hydrogen-bond donors (Lipinski definition) is 2. The number of carbonyl (C=O) groups is 3. The van der Waals surface area contributed by atoms with Crippen molar-refractivity contribution in [1.29, 1.82) is 0 Å². The highest BCUT2D eigenvalue weighted by atomic mass is 16.2. The number of imide groups is 1. The van der Waals surface area contributed by atoms with Gasteiger partial charge < -0.3 is 5.32 Å². The van der Waals surface area contributed by atoms with Gasteiger partial charge in [0.1, 0.15) is 6.54 Å². The van der Waals surface area contributed by atoms with Crippen molar-refractivity contribution in [1.82, 2.24) is 10.2 Å². The summed E-state index contributed by atoms with van der Waals surface area (Å²) in [7, 11) is 0. The van der Waals surface area contributed by atoms with E-state index in [0.717, 1.165) is 4.90 Å². The largest absolute Gasteiger partial charge is 0.325 e. The SMILES string of the molecule is CCC1NCC(=O)N(CC(=O)Nc2ccccc2)C1=O. The molecule has 6 heteroatoms. The van der Waals surface area contributed by atoms with Crippen molar-refractivity contribution in [3.8, 4) is 0 Å². The number of hydrogen-bond acceptors (Lipinski definition) is 4. The fraction of sp³-hybridized carbons (Fsp3) is 0.357. The molecule has 20 heavy (non-hydrogen) atoms. The third kappa shape index (κ3) is 3.21. The number of anilines is 1. The Kier molecular flexibility index (Phi) is 4.47. The van der Waals surface area contributed by atoms with Crippen LogP contribution < -0.4 is 10.6 Å². The van der Waals surface area contributed by atoms with E-state index in [1.807, 2.05) is 13.0 Å². The van der Waals surface area contributed by atoms with Gasteiger partial charge in [0, 0.05) is 5.69 Å². The van der Waals surface area contributed by atoms with Gasteiger partial charge in [-0.15, -0.1) is 0 Å². The average Bonchev–Trinajstić information content (AvgIpc) is 2.45. The van der Waals surface area contributed by atoms with Gasteiger partial charge >= 0.3 is 0 Å². The summed E-state index contributed by atoms with van der Waals surface area (Å²) in [4.78, 5) is 36.6. The summed E-state index contributed by atoms with van der Waals surface area (Å²) >= 11 is 0. The number of carbonyl (C=O) groups excluding carboxylic acids is 3. The Morgan fingerprint density at radius 1 is 1.35 bits per heavy atom. The first-order valence-electron chi connectivity index (χ1n) is 6.54. The number of para-hydroxylation sites is 1. The number of nitrogens with zero attached hydrogens (tertiary/aromatic N) is 1. The Hall–Kier alpha value is -2.21. The molecular formula is C14H17N3O3. The summed E-state index contributed by atoms with van der Waals surface area (Å²) in [6.07, 6.45) is 0.586. The van der Waals surface area contributed by atoms with Crippen molar-refractivity contribution >= 4 is 23.4 Å². The lowest BCUT2D eigenvalue weighted by atomic mass is 10.1. The van der Waals surface area contributed by atoms with Crippen LogP contribution in [-0.2, 0) is 14.4 Å². The predicted molar refractivity (Wildman–Crippen MR) is 73.9 cm³/mol. The first-order valence-corrected chi connectivity index (χ1v) is 6.54. The fourth-order valence-corrected chi connectivity index (χ4v) is 2.05. The van der Waals surface area contributed by atoms with Crippen LogP contribution in [0.5, 0.6) is 0 Å². The van der Waals surface area contributed by atoms with Gasteiger partial charge in [-0.05, 0) is 18.6 Å². The minimum Gasteiger partial charge on any atom is -0.325 e. The number of rotatable bonds is 4. The number of piperazine rings is 1. The average molecular weight is 275 g/mol. The van der Waals surface area contributed by atoms with E-state index in [-0.39, 0.29) is 30.8 Å². The smallest absolute Gasteiger partial charge is 0.246 e. The van der Waals surface area contributed by atoms with Crippen LogP contribution in [0.1, 0.15) is 13.3 Å². The van der Waals surface area contributed by atoms with E-state index >= 15 is 0 Å². The summed E-state index contributed by atoms with van der Waals surface area (Å²) < 4.78 is 0. The summed E-state index contributed by atoms with van der Waals surface area (Å²) in [5.41, 5.74) is 0.638. The van der Waals surface area contributed by atoms with Gasteiger partial charge in [0.05, 0.1) is 12.6 Å². The molecule has 2 rings (SSSR count). The quantitative estimate of drug-likeness (QED) is 0.778. The number of nitrogens with one attached hydrogen (secondary N) is 2. The zero-order chi connectivity index (χ0) is 14.5. The standard InChI is InChI=1S/C14H17N3O3/c1-2-11-14(20)17(13(19)8-15-11)9-12(18)16-10-6-4-3-5-7-10/h3-7,11,15H,2,8-9H2,1H3,(H,16,18). The molecule has 1 saturated heterocycles. The van der Waals surface area contributed by atoms with Crippen molar-refractivity contribution in [2.75, 3.05) is 18.4 Å². The first kappa shape index (κ1) is 14.2. The highest BCUT2D eigenvalue weighted by Crippen LogP contribution is 2.08. The third-order valence-corrected chi connectivity index (χ3v) is 3.13. The van der Waals surface area contributed by atoms with Gasteiger partial charge in [0.15, 0.2) is 0 Å². The normalized spacial score (nSPS) is 19.1. The minimum absolute atomic E-state index is 0.0862. The summed E-state index contributed by atoms with van der Waals surface area (Å²) in [5.74, 6) is -1.09. The second-order valence-electron chi connectivity index (χ2n) is 4.57. The predicted octanol–water partition coefficient (Wildman–Crippen LogP) is 0.362. The summed E-state index contributed by atoms with van der Waals surface area (Å²) in [6, 6.07) is 8.53. The molecule has 106 valence electrons. The van der Waals surface area contributed by atoms with Crippen LogP contribution in [0, 0.1) is 0 Å². The van der Waals surface area contributed by atoms with Gasteiger partial charge in [-0.1, -0.05) is 25.1 Å². The van der Waals surface area contributed by atoms with E-state index in [1.54, 1.807) is 24.3 Å². The van der Waals surface area contributed by atoms with Crippen molar-refractivity contribution in [3.05, 3.63) is 30.3 Å². The van der Waals surface area contributed by atoms with Gasteiger partial charge in [0.25, 0.3) is 0 Å². The lowest BCUT2D eigenvalue weighted by Crippen LogP contribution is -2.59. The maximum atomic E-state index is 12.0. The molecule has 1 aromatic rings. The van der Waals surface area contributed by atoms with Crippen LogP contribution in [0.2, 0.25) is 0 Å². The monoisotopic (exact) mass is 275 g/mol. The topological polar surface area (TPSA) is 78.5 Å². The van der Waals surface area contributed by atoms with Crippen LogP contribution in [0.3, 0.4) is 0 Å². The van der Waals surface area contributed by atoms with E-state index in [9.17, 15) is 14.4 Å². The highest BCUT2D eigenvalue weighted by molar-refractivity contribution is 6.05. The molecule has 0 aromatic heterocycles. The molecule has 1 aliphatic rings. The second-order valence-corrected chi connectivity index (χ2v) is 4.57. The summed E-state index contributed by atoms with van der Waals surface area (Å²) in [5, 5.41) is 5.51. The zero-order valence-corrected chi connectivity index (χ0v) is 11.3. The summed E-state index contributed by atoms with van der Waals surface area (Å²) in [6.45, 7) is 1.70. The Balaban J connectivity index is 1.99. The van der Waals surface area contributed by atoms with Crippen molar-refractivity contribution in [3.63, 3.8) is 0 Å². The molecular weight excluding hydrogens is 258 g/mol. The van der Waals surface area contributed by atoms with Crippen LogP contribution in [-0.4, -0.2) is 41.8 Å². The molecule has 0 aliphatic carbocycles. The Bertz CT molecular complexity index is 516. The van der Waals surface area contributed by atoms with Crippen LogP contribution in [0.15, 0.2) is 30.3 Å². The zero-order valence-electron chi connectivity index (χ0n) is 11.3. The van der Waals surface area contributed by atoms with Crippen LogP contribution in [0.25, 0.3) is 0 Å². The molecule has 6 nitrogen and oxygen atoms in total. The van der Waals surface area contributed by atoms with E-state index in [1.165, 1.54) is 0 Å². The van der Waals surface area contributed by atoms with E-state index in [4.69, 9.17) is 0 Å². The molecule has 1 fully saturated rings. The van der Waals surface area contributed by atoms with Crippen LogP contribution in [0.4, 0.5) is 5.69 Å². The number of benzene rings is 1. The van der Waals surface area contributed by atoms with Crippen molar-refractivity contribution in [2.24, 2.45) is 0 Å². The van der Waals surface area contributed by atoms with E-state index in [0.29, 0.717) is 12.1 Å². The fourth-order valence-electron chi connectivity index (χ4n) is 2.05. The molecule has 0 radical (unpaired) electrons. The molecule has 1 aliphatic heterocycles. The Labute approximate surface area is 117 Å². The van der Waals surface area contributed by atoms with Gasteiger partial charge in [-0.2, -0.15) is 0 Å². The molecule has 2 N–H and O–H groups in total. The van der Waals surface area contributed by atoms with Crippen LogP contribution >= 0.6 is 0 Å². The highest BCUT2D eigenvalue weighted by Gasteiger charge is 2.33. The Morgan fingerprint density at radius 3 is 2.70 bits per heavy atom. The minimum atomic E-state index is -0.391. The van der Waals surface area contributed by atoms with Gasteiger partial charge in [-0.25, -0.2) is 0 Å². The lowest BCUT2D eigenvalue weighted by molar-refractivity contribution is -0.151. The number of amides is 3. The molecule has 1 aromatic carbocycles. The van der Waals surface area contributed by atoms with Gasteiger partial charge in [0.2, 0.25) is 17.7 Å². The van der Waals surface area contributed by atoms with E-state index in [2.05, 4.69) is 10.6 Å². The maximum absolute atomic E-state index is 12.0. The Morgan fingerprint density at radius 2 is 2.05 bits per heavy atom.